The van der Waals surface area contributed by atoms with Gasteiger partial charge < -0.3 is 15.4 Å². The highest BCUT2D eigenvalue weighted by Gasteiger charge is 2.09. The zero-order valence-corrected chi connectivity index (χ0v) is 14.5. The summed E-state index contributed by atoms with van der Waals surface area (Å²) in [4.78, 5) is 16.4. The number of carbonyl (C=O) groups is 1. The van der Waals surface area contributed by atoms with Crippen molar-refractivity contribution in [3.8, 4) is 11.5 Å². The van der Waals surface area contributed by atoms with Gasteiger partial charge in [0.05, 0.1) is 0 Å². The smallest absolute Gasteiger partial charge is 0.251 e. The highest BCUT2D eigenvalue weighted by molar-refractivity contribution is 5.94. The van der Waals surface area contributed by atoms with Crippen molar-refractivity contribution in [2.24, 2.45) is 0 Å². The van der Waals surface area contributed by atoms with Gasteiger partial charge in [-0.3, -0.25) is 4.79 Å². The fourth-order valence-corrected chi connectivity index (χ4v) is 2.45. The number of aromatic nitrogens is 1. The van der Waals surface area contributed by atoms with Crippen LogP contribution in [-0.4, -0.2) is 17.9 Å². The van der Waals surface area contributed by atoms with Gasteiger partial charge in [-0.25, -0.2) is 13.8 Å². The molecule has 3 aromatic rings. The number of pyridine rings is 1. The van der Waals surface area contributed by atoms with Crippen molar-refractivity contribution in [2.45, 2.75) is 6.54 Å². The third-order valence-corrected chi connectivity index (χ3v) is 3.69. The molecule has 0 aliphatic heterocycles. The molecule has 0 aliphatic rings. The van der Waals surface area contributed by atoms with Crippen molar-refractivity contribution >= 4 is 11.7 Å². The summed E-state index contributed by atoms with van der Waals surface area (Å²) >= 11 is 0. The van der Waals surface area contributed by atoms with E-state index in [0.717, 1.165) is 6.07 Å². The molecule has 1 aromatic heterocycles. The molecule has 0 spiro atoms. The normalized spacial score (nSPS) is 10.3. The molecular weight excluding hydrogens is 352 g/mol. The van der Waals surface area contributed by atoms with Gasteiger partial charge in [-0.15, -0.1) is 0 Å². The molecule has 138 valence electrons. The molecule has 0 saturated heterocycles. The lowest BCUT2D eigenvalue weighted by atomic mass is 10.1. The SMILES string of the molecule is CNc1cc(Oc2cccc(C(=O)NCc3cc(F)cc(F)c3)c2)ccn1. The van der Waals surface area contributed by atoms with Crippen molar-refractivity contribution in [2.75, 3.05) is 12.4 Å². The molecule has 5 nitrogen and oxygen atoms in total. The topological polar surface area (TPSA) is 63.2 Å². The first-order valence-corrected chi connectivity index (χ1v) is 8.18. The summed E-state index contributed by atoms with van der Waals surface area (Å²) in [5.74, 6) is -0.0461. The molecule has 0 radical (unpaired) electrons. The van der Waals surface area contributed by atoms with Gasteiger partial charge >= 0.3 is 0 Å². The zero-order chi connectivity index (χ0) is 19.2. The van der Waals surface area contributed by atoms with E-state index < -0.39 is 11.6 Å². The summed E-state index contributed by atoms with van der Waals surface area (Å²) in [6.07, 6.45) is 1.61. The van der Waals surface area contributed by atoms with Crippen LogP contribution in [0.1, 0.15) is 15.9 Å². The number of hydrogen-bond acceptors (Lipinski definition) is 4. The third-order valence-electron chi connectivity index (χ3n) is 3.69. The first-order valence-electron chi connectivity index (χ1n) is 8.18. The maximum atomic E-state index is 13.2. The highest BCUT2D eigenvalue weighted by Crippen LogP contribution is 2.23. The quantitative estimate of drug-likeness (QED) is 0.686. The lowest BCUT2D eigenvalue weighted by Gasteiger charge is -2.09. The Morgan fingerprint density at radius 1 is 1.04 bits per heavy atom. The van der Waals surface area contributed by atoms with E-state index >= 15 is 0 Å². The number of anilines is 1. The van der Waals surface area contributed by atoms with E-state index in [-0.39, 0.29) is 12.5 Å². The van der Waals surface area contributed by atoms with E-state index in [2.05, 4.69) is 15.6 Å². The Morgan fingerprint density at radius 3 is 2.52 bits per heavy atom. The number of halogens is 2. The van der Waals surface area contributed by atoms with Crippen molar-refractivity contribution < 1.29 is 18.3 Å². The molecule has 2 aromatic carbocycles. The number of amides is 1. The minimum atomic E-state index is -0.687. The fraction of sp³-hybridized carbons (Fsp3) is 0.100. The Hall–Kier alpha value is -3.48. The summed E-state index contributed by atoms with van der Waals surface area (Å²) < 4.78 is 32.2. The number of nitrogens with zero attached hydrogens (tertiary/aromatic N) is 1. The number of hydrogen-bond donors (Lipinski definition) is 2. The minimum Gasteiger partial charge on any atom is -0.457 e. The second-order valence-corrected chi connectivity index (χ2v) is 5.72. The van der Waals surface area contributed by atoms with Gasteiger partial charge in [0.15, 0.2) is 0 Å². The number of benzene rings is 2. The van der Waals surface area contributed by atoms with Crippen molar-refractivity contribution in [3.05, 3.63) is 83.6 Å². The molecule has 0 saturated carbocycles. The van der Waals surface area contributed by atoms with Crippen LogP contribution in [0, 0.1) is 11.6 Å². The van der Waals surface area contributed by atoms with Gasteiger partial charge in [-0.1, -0.05) is 6.07 Å². The molecular formula is C20H17F2N3O2. The number of ether oxygens (including phenoxy) is 1. The van der Waals surface area contributed by atoms with Crippen LogP contribution >= 0.6 is 0 Å². The molecule has 0 fully saturated rings. The average Bonchev–Trinajstić information content (AvgIpc) is 2.66. The molecule has 0 unspecified atom stereocenters. The molecule has 2 N–H and O–H groups in total. The molecule has 3 rings (SSSR count). The van der Waals surface area contributed by atoms with Crippen molar-refractivity contribution in [1.29, 1.82) is 0 Å². The van der Waals surface area contributed by atoms with Gasteiger partial charge in [0, 0.05) is 37.5 Å². The summed E-state index contributed by atoms with van der Waals surface area (Å²) in [6.45, 7) is 0.00841. The number of rotatable bonds is 6. The summed E-state index contributed by atoms with van der Waals surface area (Å²) in [6, 6.07) is 13.2. The van der Waals surface area contributed by atoms with E-state index in [1.54, 1.807) is 49.6 Å². The molecule has 27 heavy (non-hydrogen) atoms. The lowest BCUT2D eigenvalue weighted by molar-refractivity contribution is 0.0950. The standard InChI is InChI=1S/C20H17F2N3O2/c1-23-19-11-18(5-6-24-19)27-17-4-2-3-14(9-17)20(26)25-12-13-7-15(21)10-16(22)8-13/h2-11H,12H2,1H3,(H,23,24)(H,25,26). The lowest BCUT2D eigenvalue weighted by Crippen LogP contribution is -2.22. The van der Waals surface area contributed by atoms with E-state index in [1.165, 1.54) is 12.1 Å². The Morgan fingerprint density at radius 2 is 1.78 bits per heavy atom. The summed E-state index contributed by atoms with van der Waals surface area (Å²) in [5.41, 5.74) is 0.705. The second-order valence-electron chi connectivity index (χ2n) is 5.72. The molecule has 1 heterocycles. The average molecular weight is 369 g/mol. The second kappa shape index (κ2) is 8.27. The van der Waals surface area contributed by atoms with Crippen LogP contribution in [0.4, 0.5) is 14.6 Å². The monoisotopic (exact) mass is 369 g/mol. The Labute approximate surface area is 155 Å². The van der Waals surface area contributed by atoms with Crippen LogP contribution < -0.4 is 15.4 Å². The molecule has 0 atom stereocenters. The first kappa shape index (κ1) is 18.3. The maximum absolute atomic E-state index is 13.2. The molecule has 7 heteroatoms. The predicted molar refractivity (Wildman–Crippen MR) is 97.8 cm³/mol. The van der Waals surface area contributed by atoms with Gasteiger partial charge in [0.1, 0.15) is 29.0 Å². The van der Waals surface area contributed by atoms with Gasteiger partial charge in [-0.2, -0.15) is 0 Å². The van der Waals surface area contributed by atoms with Crippen molar-refractivity contribution in [3.63, 3.8) is 0 Å². The summed E-state index contributed by atoms with van der Waals surface area (Å²) in [5, 5.41) is 5.55. The minimum absolute atomic E-state index is 0.00841. The third kappa shape index (κ3) is 5.01. The van der Waals surface area contributed by atoms with Crippen LogP contribution in [0.25, 0.3) is 0 Å². The van der Waals surface area contributed by atoms with Crippen LogP contribution in [0.5, 0.6) is 11.5 Å². The van der Waals surface area contributed by atoms with Crippen LogP contribution in [0.3, 0.4) is 0 Å². The Bertz CT molecular complexity index is 943. The van der Waals surface area contributed by atoms with Gasteiger partial charge in [-0.05, 0) is 42.0 Å². The molecule has 0 aliphatic carbocycles. The van der Waals surface area contributed by atoms with Crippen LogP contribution in [-0.2, 0) is 6.54 Å². The van der Waals surface area contributed by atoms with Gasteiger partial charge in [0.25, 0.3) is 5.91 Å². The Balaban J connectivity index is 1.67. The molecule has 0 bridgehead atoms. The zero-order valence-electron chi connectivity index (χ0n) is 14.5. The highest BCUT2D eigenvalue weighted by atomic mass is 19.1. The first-order chi connectivity index (χ1) is 13.0. The fourth-order valence-electron chi connectivity index (χ4n) is 2.45. The van der Waals surface area contributed by atoms with Crippen LogP contribution in [0.15, 0.2) is 60.8 Å². The number of nitrogens with one attached hydrogen (secondary N) is 2. The van der Waals surface area contributed by atoms with E-state index in [0.29, 0.717) is 28.4 Å². The van der Waals surface area contributed by atoms with E-state index in [4.69, 9.17) is 4.74 Å². The largest absolute Gasteiger partial charge is 0.457 e. The predicted octanol–water partition coefficient (Wildman–Crippen LogP) is 4.12. The van der Waals surface area contributed by atoms with Crippen molar-refractivity contribution in [1.82, 2.24) is 10.3 Å². The van der Waals surface area contributed by atoms with E-state index in [9.17, 15) is 13.6 Å². The van der Waals surface area contributed by atoms with Gasteiger partial charge in [0.2, 0.25) is 0 Å². The maximum Gasteiger partial charge on any atom is 0.251 e. The molecule has 1 amide bonds. The van der Waals surface area contributed by atoms with E-state index in [1.807, 2.05) is 0 Å². The Kier molecular flexibility index (Phi) is 5.61. The number of carbonyl (C=O) groups excluding carboxylic acids is 1. The van der Waals surface area contributed by atoms with Crippen LogP contribution in [0.2, 0.25) is 0 Å². The summed E-state index contributed by atoms with van der Waals surface area (Å²) in [7, 11) is 1.75.